The normalized spacial score (nSPS) is 14.1. The monoisotopic (exact) mass is 815 g/mol. The average molecular weight is 816 g/mol. The Morgan fingerprint density at radius 3 is 2.00 bits per heavy atom. The summed E-state index contributed by atoms with van der Waals surface area (Å²) in [5, 5.41) is 13.3. The summed E-state index contributed by atoms with van der Waals surface area (Å²) in [5.41, 5.74) is 2.67. The van der Waals surface area contributed by atoms with Crippen LogP contribution >= 0.6 is 11.8 Å². The second-order valence-electron chi connectivity index (χ2n) is 14.0. The van der Waals surface area contributed by atoms with Crippen LogP contribution in [0.1, 0.15) is 33.9 Å². The Bertz CT molecular complexity index is 2190. The Balaban J connectivity index is 1.09. The Labute approximate surface area is 335 Å². The number of hydrogen-bond donors (Lipinski definition) is 3. The van der Waals surface area contributed by atoms with Crippen LogP contribution in [-0.4, -0.2) is 92.9 Å². The molecule has 3 N–H and O–H groups in total. The van der Waals surface area contributed by atoms with Gasteiger partial charge in [-0.2, -0.15) is 0 Å². The third kappa shape index (κ3) is 10.9. The first-order valence-electron chi connectivity index (χ1n) is 18.4. The molecule has 11 nitrogen and oxygen atoms in total. The molecule has 0 radical (unpaired) electrons. The molecular weight excluding hydrogens is 771 g/mol. The minimum atomic E-state index is -4.44. The lowest BCUT2D eigenvalue weighted by Crippen LogP contribution is -2.48. The van der Waals surface area contributed by atoms with Crippen molar-refractivity contribution in [3.05, 3.63) is 155 Å². The van der Waals surface area contributed by atoms with E-state index >= 15 is 0 Å². The zero-order valence-corrected chi connectivity index (χ0v) is 33.2. The fraction of sp³-hybridized carbons (Fsp3) is 0.262. The molecule has 15 heteroatoms. The fourth-order valence-corrected chi connectivity index (χ4v) is 8.70. The van der Waals surface area contributed by atoms with Crippen molar-refractivity contribution in [1.82, 2.24) is 14.5 Å². The number of piperazine rings is 1. The molecule has 6 rings (SSSR count). The number of carbonyl (C=O) groups is 1. The second kappa shape index (κ2) is 18.7. The first-order chi connectivity index (χ1) is 27.4. The highest BCUT2D eigenvalue weighted by Gasteiger charge is 2.29. The van der Waals surface area contributed by atoms with Crippen LogP contribution in [0, 0.1) is 16.5 Å². The van der Waals surface area contributed by atoms with E-state index in [1.807, 2.05) is 49.3 Å². The average Bonchev–Trinajstić information content (AvgIpc) is 3.21. The maximum Gasteiger partial charge on any atom is 0.340 e. The molecule has 1 saturated heterocycles. The van der Waals surface area contributed by atoms with Gasteiger partial charge in [0.05, 0.1) is 15.8 Å². The van der Waals surface area contributed by atoms with Crippen molar-refractivity contribution in [2.75, 3.05) is 62.8 Å². The molecule has 0 aromatic heterocycles. The summed E-state index contributed by atoms with van der Waals surface area (Å²) >= 11 is 1.63. The van der Waals surface area contributed by atoms with Crippen LogP contribution < -0.4 is 14.9 Å². The van der Waals surface area contributed by atoms with Crippen molar-refractivity contribution in [2.24, 2.45) is 0 Å². The zero-order valence-electron chi connectivity index (χ0n) is 31.6. The van der Waals surface area contributed by atoms with E-state index < -0.39 is 15.9 Å². The van der Waals surface area contributed by atoms with Gasteiger partial charge in [-0.05, 0) is 111 Å². The van der Waals surface area contributed by atoms with Crippen LogP contribution in [0.15, 0.2) is 131 Å². The molecule has 1 aliphatic heterocycles. The third-order valence-corrected chi connectivity index (χ3v) is 12.2. The molecular formula is C42H45F2N6O5S2+. The van der Waals surface area contributed by atoms with E-state index in [-0.39, 0.29) is 50.5 Å². The van der Waals surface area contributed by atoms with Crippen LogP contribution in [0.25, 0.3) is 0 Å². The van der Waals surface area contributed by atoms with Crippen molar-refractivity contribution in [2.45, 2.75) is 28.3 Å². The van der Waals surface area contributed by atoms with Gasteiger partial charge in [-0.25, -0.2) is 27.1 Å². The Morgan fingerprint density at radius 2 is 1.44 bits per heavy atom. The lowest BCUT2D eigenvalue weighted by molar-refractivity contribution is -0.729. The number of halogens is 2. The smallest absolute Gasteiger partial charge is 0.340 e. The number of anilines is 2. The van der Waals surface area contributed by atoms with E-state index in [4.69, 9.17) is 0 Å². The van der Waals surface area contributed by atoms with Crippen molar-refractivity contribution >= 4 is 44.8 Å². The van der Waals surface area contributed by atoms with E-state index in [2.05, 4.69) is 19.8 Å². The molecule has 1 amide bonds. The van der Waals surface area contributed by atoms with Gasteiger partial charge < -0.3 is 15.1 Å². The number of benzene rings is 5. The highest BCUT2D eigenvalue weighted by molar-refractivity contribution is 7.99. The molecule has 57 heavy (non-hydrogen) atoms. The lowest BCUT2D eigenvalue weighted by atomic mass is 9.96. The number of nitrogens with one attached hydrogen (secondary N) is 2. The maximum absolute atomic E-state index is 13.8. The molecule has 0 unspecified atom stereocenters. The van der Waals surface area contributed by atoms with Gasteiger partial charge in [0, 0.05) is 60.2 Å². The first kappa shape index (κ1) is 41.3. The summed E-state index contributed by atoms with van der Waals surface area (Å²) in [7, 11) is -0.534. The number of sulfonamides is 1. The predicted molar refractivity (Wildman–Crippen MR) is 219 cm³/mol. The van der Waals surface area contributed by atoms with Crippen LogP contribution in [0.2, 0.25) is 0 Å². The van der Waals surface area contributed by atoms with Crippen LogP contribution in [0.4, 0.5) is 25.8 Å². The van der Waals surface area contributed by atoms with Crippen molar-refractivity contribution < 1.29 is 32.1 Å². The predicted octanol–water partition coefficient (Wildman–Crippen LogP) is 7.32. The lowest BCUT2D eigenvalue weighted by Gasteiger charge is -2.40. The third-order valence-electron chi connectivity index (χ3n) is 9.74. The summed E-state index contributed by atoms with van der Waals surface area (Å²) in [4.78, 5) is 32.2. The standard InChI is InChI=1S/C42H44F2N6O5S2/c1-47(2)23-22-35(29-56-37-6-4-3-5-7-37)45-39-21-20-38(28-40(39)50(52)53)57(54,55)46-42(51)32-12-18-36(19-13-32)48-24-26-49(27-25-48)41(30-8-14-33(43)15-9-30)31-10-16-34(44)17-11-31/h3-21,28,35,41,45H,22-27,29H2,1-2H3,(H-,46,51,52,53)/p+1/t35-/m1/s1. The number of hydrogen-bond acceptors (Lipinski definition) is 9. The van der Waals surface area contributed by atoms with Crippen molar-refractivity contribution in [3.8, 4) is 0 Å². The summed E-state index contributed by atoms with van der Waals surface area (Å²) in [6.45, 7) is 3.31. The Hall–Kier alpha value is -5.35. The molecule has 0 spiro atoms. The molecule has 5 aromatic rings. The topological polar surface area (TPSA) is 125 Å². The number of rotatable bonds is 16. The van der Waals surface area contributed by atoms with Gasteiger partial charge in [0.25, 0.3) is 20.9 Å². The second-order valence-corrected chi connectivity index (χ2v) is 16.8. The maximum atomic E-state index is 13.8. The van der Waals surface area contributed by atoms with E-state index in [1.54, 1.807) is 60.3 Å². The summed E-state index contributed by atoms with van der Waals surface area (Å²) in [6.07, 6.45) is 0.706. The Kier molecular flexibility index (Phi) is 13.6. The van der Waals surface area contributed by atoms with Crippen LogP contribution in [0.5, 0.6) is 0 Å². The number of thioether (sulfide) groups is 1. The minimum Gasteiger partial charge on any atom is -0.376 e. The van der Waals surface area contributed by atoms with Crippen molar-refractivity contribution in [1.29, 1.82) is 0 Å². The van der Waals surface area contributed by atoms with E-state index in [0.29, 0.717) is 38.4 Å². The van der Waals surface area contributed by atoms with Crippen molar-refractivity contribution in [3.63, 3.8) is 0 Å². The number of amides is 1. The molecule has 1 atom stereocenters. The molecule has 5 aromatic carbocycles. The molecule has 1 fully saturated rings. The highest BCUT2D eigenvalue weighted by atomic mass is 32.2. The van der Waals surface area contributed by atoms with E-state index in [0.717, 1.165) is 34.3 Å². The van der Waals surface area contributed by atoms with Gasteiger partial charge in [0.15, 0.2) is 0 Å². The minimum absolute atomic E-state index is 0.111. The van der Waals surface area contributed by atoms with Gasteiger partial charge in [-0.3, -0.25) is 9.69 Å². The van der Waals surface area contributed by atoms with Crippen LogP contribution in [-0.2, 0) is 10.0 Å². The summed E-state index contributed by atoms with van der Waals surface area (Å²) in [6, 6.07) is 32.4. The Morgan fingerprint density at radius 1 is 0.842 bits per heavy atom. The largest absolute Gasteiger partial charge is 0.376 e. The molecule has 0 aliphatic carbocycles. The molecule has 298 valence electrons. The SMILES string of the molecule is CN(C)CC[C@H](CSc1ccccc1)Nc1ccc(S(=O)(=O)NC(=O)c2ccc(N3CCN(C(c4ccc(F)cc4)c4ccc(F)cc4)CC3)cc2)cc1[N+](=O)O. The molecule has 1 aliphatic rings. The first-order valence-corrected chi connectivity index (χ1v) is 20.9. The number of nitrogens with zero attached hydrogens (tertiary/aromatic N) is 4. The van der Waals surface area contributed by atoms with E-state index in [1.165, 1.54) is 36.4 Å². The zero-order chi connectivity index (χ0) is 40.5. The fourth-order valence-electron chi connectivity index (χ4n) is 6.71. The van der Waals surface area contributed by atoms with Crippen LogP contribution in [0.3, 0.4) is 0 Å². The highest BCUT2D eigenvalue weighted by Crippen LogP contribution is 2.32. The van der Waals surface area contributed by atoms with Gasteiger partial charge in [0.1, 0.15) is 17.3 Å². The van der Waals surface area contributed by atoms with Gasteiger partial charge in [-0.1, -0.05) is 42.5 Å². The summed E-state index contributed by atoms with van der Waals surface area (Å²) < 4.78 is 56.4. The van der Waals surface area contributed by atoms with Gasteiger partial charge in [-0.15, -0.1) is 11.8 Å². The summed E-state index contributed by atoms with van der Waals surface area (Å²) in [5.74, 6) is -0.888. The van der Waals surface area contributed by atoms with Gasteiger partial charge >= 0.3 is 5.69 Å². The molecule has 0 bridgehead atoms. The molecule has 0 saturated carbocycles. The molecule has 1 heterocycles. The van der Waals surface area contributed by atoms with E-state index in [9.17, 15) is 32.1 Å². The van der Waals surface area contributed by atoms with Gasteiger partial charge in [0.2, 0.25) is 0 Å². The quantitative estimate of drug-likeness (QED) is 0.0690. The number of carbonyl (C=O) groups excluding carboxylic acids is 1.